The van der Waals surface area contributed by atoms with E-state index in [4.69, 9.17) is 0 Å². The highest BCUT2D eigenvalue weighted by Crippen LogP contribution is 2.22. The van der Waals surface area contributed by atoms with E-state index in [1.165, 1.54) is 0 Å². The van der Waals surface area contributed by atoms with Crippen LogP contribution in [0.3, 0.4) is 0 Å². The third kappa shape index (κ3) is 3.76. The molecule has 0 saturated heterocycles. The normalized spacial score (nSPS) is 15.9. The van der Waals surface area contributed by atoms with Gasteiger partial charge in [-0.25, -0.2) is 0 Å². The first-order valence-electron chi connectivity index (χ1n) is 5.91. The Bertz CT molecular complexity index is 248. The van der Waals surface area contributed by atoms with Crippen LogP contribution in [-0.4, -0.2) is 36.5 Å². The molecule has 0 aliphatic heterocycles. The Morgan fingerprint density at radius 3 is 2.12 bits per heavy atom. The van der Waals surface area contributed by atoms with Gasteiger partial charge in [0.2, 0.25) is 0 Å². The summed E-state index contributed by atoms with van der Waals surface area (Å²) in [5.74, 6) is -1.06. The first-order chi connectivity index (χ1) is 7.29. The second-order valence-corrected chi connectivity index (χ2v) is 9.95. The van der Waals surface area contributed by atoms with Crippen LogP contribution in [0.1, 0.15) is 20.3 Å². The summed E-state index contributed by atoms with van der Waals surface area (Å²) in [7, 11) is -1.50. The average molecular weight is 243 g/mol. The molecule has 0 spiro atoms. The minimum Gasteiger partial charge on any atom is -0.481 e. The van der Waals surface area contributed by atoms with E-state index in [1.54, 1.807) is 6.08 Å². The Morgan fingerprint density at radius 1 is 1.44 bits per heavy atom. The Morgan fingerprint density at radius 2 is 1.94 bits per heavy atom. The van der Waals surface area contributed by atoms with Gasteiger partial charge in [0.05, 0.1) is 5.92 Å². The molecule has 94 valence electrons. The Balaban J connectivity index is 5.08. The molecule has 0 aliphatic rings. The number of rotatable bonds is 7. The Labute approximate surface area is 100 Å². The molecule has 0 rings (SSSR count). The molecule has 3 nitrogen and oxygen atoms in total. The van der Waals surface area contributed by atoms with Crippen LogP contribution in [0.25, 0.3) is 0 Å². The van der Waals surface area contributed by atoms with Crippen LogP contribution in [0, 0.1) is 5.92 Å². The number of carboxylic acid groups (broad SMARTS) is 1. The lowest BCUT2D eigenvalue weighted by atomic mass is 9.97. The standard InChI is InChI=1S/C12H25NO2Si/c1-7-10(12(14)15)11(8-2)13(9-3)16(4,5)6/h8,10-11H,2,7,9H2,1,3-6H3,(H,14,15). The van der Waals surface area contributed by atoms with Crippen LogP contribution in [0.15, 0.2) is 12.7 Å². The van der Waals surface area contributed by atoms with Gasteiger partial charge < -0.3 is 9.67 Å². The highest BCUT2D eigenvalue weighted by Gasteiger charge is 2.34. The van der Waals surface area contributed by atoms with Gasteiger partial charge in [-0.2, -0.15) is 0 Å². The van der Waals surface area contributed by atoms with Gasteiger partial charge in [0.25, 0.3) is 0 Å². The zero-order valence-corrected chi connectivity index (χ0v) is 12.2. The third-order valence-electron chi connectivity index (χ3n) is 2.97. The molecule has 2 unspecified atom stereocenters. The van der Waals surface area contributed by atoms with Crippen molar-refractivity contribution in [3.8, 4) is 0 Å². The first-order valence-corrected chi connectivity index (χ1v) is 9.36. The van der Waals surface area contributed by atoms with Crippen molar-refractivity contribution in [2.45, 2.75) is 46.0 Å². The molecule has 0 aromatic heterocycles. The number of carbonyl (C=O) groups is 1. The van der Waals surface area contributed by atoms with Crippen LogP contribution in [-0.2, 0) is 4.79 Å². The van der Waals surface area contributed by atoms with Gasteiger partial charge in [-0.1, -0.05) is 39.6 Å². The maximum Gasteiger partial charge on any atom is 0.308 e. The molecule has 0 aromatic rings. The van der Waals surface area contributed by atoms with E-state index < -0.39 is 14.2 Å². The topological polar surface area (TPSA) is 40.5 Å². The number of hydrogen-bond donors (Lipinski definition) is 1. The predicted molar refractivity (Wildman–Crippen MR) is 71.1 cm³/mol. The summed E-state index contributed by atoms with van der Waals surface area (Å²) >= 11 is 0. The fourth-order valence-electron chi connectivity index (χ4n) is 2.20. The second-order valence-electron chi connectivity index (χ2n) is 5.04. The summed E-state index contributed by atoms with van der Waals surface area (Å²) in [5, 5.41) is 9.23. The molecule has 0 fully saturated rings. The SMILES string of the molecule is C=CC(C(CC)C(=O)O)N(CC)[Si](C)(C)C. The van der Waals surface area contributed by atoms with Crippen LogP contribution in [0.5, 0.6) is 0 Å². The number of hydrogen-bond acceptors (Lipinski definition) is 2. The monoisotopic (exact) mass is 243 g/mol. The van der Waals surface area contributed by atoms with Gasteiger partial charge in [-0.05, 0) is 13.0 Å². The average Bonchev–Trinajstić information content (AvgIpc) is 2.14. The predicted octanol–water partition coefficient (Wildman–Crippen LogP) is 2.81. The van der Waals surface area contributed by atoms with Crippen LogP contribution >= 0.6 is 0 Å². The number of carboxylic acids is 1. The molecule has 2 atom stereocenters. The third-order valence-corrected chi connectivity index (χ3v) is 5.31. The highest BCUT2D eigenvalue weighted by molar-refractivity contribution is 6.73. The molecular weight excluding hydrogens is 218 g/mol. The lowest BCUT2D eigenvalue weighted by Gasteiger charge is -2.40. The molecule has 0 amide bonds. The molecule has 0 aromatic carbocycles. The second kappa shape index (κ2) is 6.20. The van der Waals surface area contributed by atoms with E-state index in [0.717, 1.165) is 6.54 Å². The summed E-state index contributed by atoms with van der Waals surface area (Å²) in [6.07, 6.45) is 2.44. The Kier molecular flexibility index (Phi) is 5.97. The van der Waals surface area contributed by atoms with E-state index >= 15 is 0 Å². The van der Waals surface area contributed by atoms with Gasteiger partial charge >= 0.3 is 5.97 Å². The van der Waals surface area contributed by atoms with Gasteiger partial charge in [0.1, 0.15) is 8.24 Å². The zero-order valence-electron chi connectivity index (χ0n) is 11.2. The van der Waals surface area contributed by atoms with Crippen molar-refractivity contribution in [1.29, 1.82) is 0 Å². The molecule has 0 heterocycles. The molecule has 1 N–H and O–H groups in total. The largest absolute Gasteiger partial charge is 0.481 e. The Hall–Kier alpha value is -0.613. The molecular formula is C12H25NO2Si. The maximum atomic E-state index is 11.2. The fourth-order valence-corrected chi connectivity index (χ4v) is 4.33. The summed E-state index contributed by atoms with van der Waals surface area (Å²) < 4.78 is 2.32. The van der Waals surface area contributed by atoms with Crippen molar-refractivity contribution < 1.29 is 9.90 Å². The lowest BCUT2D eigenvalue weighted by Crippen LogP contribution is -2.54. The van der Waals surface area contributed by atoms with Crippen molar-refractivity contribution >= 4 is 14.2 Å². The molecule has 16 heavy (non-hydrogen) atoms. The van der Waals surface area contributed by atoms with Gasteiger partial charge in [0.15, 0.2) is 0 Å². The summed E-state index contributed by atoms with van der Waals surface area (Å²) in [4.78, 5) is 11.2. The molecule has 0 saturated carbocycles. The fraction of sp³-hybridized carbons (Fsp3) is 0.750. The van der Waals surface area contributed by atoms with E-state index in [2.05, 4.69) is 37.7 Å². The van der Waals surface area contributed by atoms with Crippen molar-refractivity contribution in [2.24, 2.45) is 5.92 Å². The number of nitrogens with zero attached hydrogens (tertiary/aromatic N) is 1. The molecule has 0 aliphatic carbocycles. The highest BCUT2D eigenvalue weighted by atomic mass is 28.3. The zero-order chi connectivity index (χ0) is 12.9. The van der Waals surface area contributed by atoms with Crippen molar-refractivity contribution in [1.82, 2.24) is 4.57 Å². The minimum absolute atomic E-state index is 0.0424. The first kappa shape index (κ1) is 15.4. The summed E-state index contributed by atoms with van der Waals surface area (Å²) in [5.41, 5.74) is 0. The molecule has 0 radical (unpaired) electrons. The van der Waals surface area contributed by atoms with E-state index in [1.807, 2.05) is 6.92 Å². The maximum absolute atomic E-state index is 11.2. The van der Waals surface area contributed by atoms with Gasteiger partial charge in [-0.3, -0.25) is 4.79 Å². The van der Waals surface area contributed by atoms with E-state index in [0.29, 0.717) is 6.42 Å². The van der Waals surface area contributed by atoms with Gasteiger partial charge in [0, 0.05) is 6.04 Å². The van der Waals surface area contributed by atoms with Crippen LogP contribution < -0.4 is 0 Å². The summed E-state index contributed by atoms with van der Waals surface area (Å²) in [6, 6.07) is -0.0424. The molecule has 4 heteroatoms. The van der Waals surface area contributed by atoms with Crippen LogP contribution in [0.4, 0.5) is 0 Å². The van der Waals surface area contributed by atoms with Gasteiger partial charge in [-0.15, -0.1) is 6.58 Å². The van der Waals surface area contributed by atoms with Crippen molar-refractivity contribution in [2.75, 3.05) is 6.54 Å². The molecule has 0 bridgehead atoms. The smallest absolute Gasteiger partial charge is 0.308 e. The summed E-state index contributed by atoms with van der Waals surface area (Å²) in [6.45, 7) is 15.4. The van der Waals surface area contributed by atoms with Crippen molar-refractivity contribution in [3.05, 3.63) is 12.7 Å². The number of likely N-dealkylation sites (N-methyl/N-ethyl adjacent to an activating group) is 1. The van der Waals surface area contributed by atoms with Crippen LogP contribution in [0.2, 0.25) is 19.6 Å². The quantitative estimate of drug-likeness (QED) is 0.552. The minimum atomic E-state index is -1.50. The van der Waals surface area contributed by atoms with E-state index in [-0.39, 0.29) is 12.0 Å². The van der Waals surface area contributed by atoms with E-state index in [9.17, 15) is 9.90 Å². The number of aliphatic carboxylic acids is 1. The van der Waals surface area contributed by atoms with Crippen molar-refractivity contribution in [3.63, 3.8) is 0 Å². The lowest BCUT2D eigenvalue weighted by molar-refractivity contribution is -0.143.